The van der Waals surface area contributed by atoms with E-state index in [2.05, 4.69) is 0 Å². The Hall–Kier alpha value is -2.82. The minimum absolute atomic E-state index is 0.127. The van der Waals surface area contributed by atoms with Gasteiger partial charge >= 0.3 is 5.97 Å². The highest BCUT2D eigenvalue weighted by Crippen LogP contribution is 2.36. The van der Waals surface area contributed by atoms with Gasteiger partial charge in [0.1, 0.15) is 11.8 Å². The van der Waals surface area contributed by atoms with Gasteiger partial charge in [0.2, 0.25) is 5.91 Å². The van der Waals surface area contributed by atoms with Crippen LogP contribution in [-0.4, -0.2) is 34.5 Å². The summed E-state index contributed by atoms with van der Waals surface area (Å²) in [5.41, 5.74) is 2.88. The van der Waals surface area contributed by atoms with E-state index in [0.29, 0.717) is 26.0 Å². The van der Waals surface area contributed by atoms with Gasteiger partial charge in [-0.3, -0.25) is 4.79 Å². The lowest BCUT2D eigenvalue weighted by atomic mass is 9.88. The van der Waals surface area contributed by atoms with Crippen LogP contribution in [0, 0.1) is 0 Å². The van der Waals surface area contributed by atoms with E-state index < -0.39 is 12.0 Å². The molecule has 2 atom stereocenters. The molecule has 0 aromatic heterocycles. The van der Waals surface area contributed by atoms with Crippen molar-refractivity contribution < 1.29 is 19.4 Å². The van der Waals surface area contributed by atoms with Crippen molar-refractivity contribution in [1.82, 2.24) is 4.90 Å². The van der Waals surface area contributed by atoms with Gasteiger partial charge in [-0.15, -0.1) is 0 Å². The number of benzene rings is 2. The Morgan fingerprint density at radius 1 is 1.04 bits per heavy atom. The molecule has 0 radical (unpaired) electrons. The summed E-state index contributed by atoms with van der Waals surface area (Å²) < 4.78 is 5.63. The molecule has 5 nitrogen and oxygen atoms in total. The van der Waals surface area contributed by atoms with Crippen molar-refractivity contribution in [2.75, 3.05) is 6.61 Å². The van der Waals surface area contributed by atoms with E-state index >= 15 is 0 Å². The molecule has 25 heavy (non-hydrogen) atoms. The van der Waals surface area contributed by atoms with Crippen molar-refractivity contribution in [3.8, 4) is 5.75 Å². The summed E-state index contributed by atoms with van der Waals surface area (Å²) in [4.78, 5) is 26.6. The van der Waals surface area contributed by atoms with Crippen molar-refractivity contribution in [2.45, 2.75) is 31.3 Å². The normalized spacial score (nSPS) is 21.7. The van der Waals surface area contributed by atoms with Gasteiger partial charge in [-0.2, -0.15) is 0 Å². The number of amides is 1. The Balaban J connectivity index is 1.68. The zero-order chi connectivity index (χ0) is 17.4. The number of carbonyl (C=O) groups excluding carboxylic acids is 1. The number of hydrogen-bond acceptors (Lipinski definition) is 3. The van der Waals surface area contributed by atoms with E-state index in [-0.39, 0.29) is 11.8 Å². The zero-order valence-electron chi connectivity index (χ0n) is 13.7. The maximum Gasteiger partial charge on any atom is 0.326 e. The molecule has 0 saturated heterocycles. The number of carboxylic acid groups (broad SMARTS) is 1. The summed E-state index contributed by atoms with van der Waals surface area (Å²) in [6.07, 6.45) is 0.919. The summed E-state index contributed by atoms with van der Waals surface area (Å²) in [6.45, 7) is 0.807. The van der Waals surface area contributed by atoms with Gasteiger partial charge < -0.3 is 14.7 Å². The van der Waals surface area contributed by atoms with Gasteiger partial charge in [0, 0.05) is 18.5 Å². The lowest BCUT2D eigenvalue weighted by Crippen LogP contribution is -2.50. The Morgan fingerprint density at radius 3 is 2.56 bits per heavy atom. The molecule has 0 aliphatic carbocycles. The quantitative estimate of drug-likeness (QED) is 0.915. The maximum atomic E-state index is 13.2. The number of nitrogens with zero attached hydrogens (tertiary/aromatic N) is 1. The number of aliphatic carboxylic acids is 1. The summed E-state index contributed by atoms with van der Waals surface area (Å²) in [6, 6.07) is 14.4. The number of rotatable bonds is 2. The van der Waals surface area contributed by atoms with Gasteiger partial charge in [0.05, 0.1) is 12.5 Å². The van der Waals surface area contributed by atoms with Crippen LogP contribution in [0.2, 0.25) is 0 Å². The van der Waals surface area contributed by atoms with Crippen LogP contribution in [0.1, 0.15) is 29.0 Å². The minimum atomic E-state index is -0.955. The number of fused-ring (bicyclic) bond motifs is 2. The van der Waals surface area contributed by atoms with E-state index in [1.807, 2.05) is 48.5 Å². The molecule has 5 heteroatoms. The Kier molecular flexibility index (Phi) is 3.92. The van der Waals surface area contributed by atoms with E-state index in [9.17, 15) is 14.7 Å². The van der Waals surface area contributed by atoms with Crippen molar-refractivity contribution in [1.29, 1.82) is 0 Å². The third-order valence-corrected chi connectivity index (χ3v) is 5.07. The van der Waals surface area contributed by atoms with Crippen molar-refractivity contribution >= 4 is 11.9 Å². The summed E-state index contributed by atoms with van der Waals surface area (Å²) in [5.74, 6) is -0.714. The van der Waals surface area contributed by atoms with Crippen LogP contribution in [0.15, 0.2) is 48.5 Å². The third-order valence-electron chi connectivity index (χ3n) is 5.07. The average Bonchev–Trinajstić information content (AvgIpc) is 2.66. The lowest BCUT2D eigenvalue weighted by Gasteiger charge is -2.37. The second-order valence-corrected chi connectivity index (χ2v) is 6.52. The van der Waals surface area contributed by atoms with Crippen molar-refractivity contribution in [3.05, 3.63) is 65.2 Å². The second kappa shape index (κ2) is 6.24. The van der Waals surface area contributed by atoms with Crippen LogP contribution in [0.25, 0.3) is 0 Å². The number of ether oxygens (including phenoxy) is 1. The molecule has 0 fully saturated rings. The van der Waals surface area contributed by atoms with Crippen molar-refractivity contribution in [2.24, 2.45) is 0 Å². The topological polar surface area (TPSA) is 66.8 Å². The van der Waals surface area contributed by atoms with E-state index in [1.165, 1.54) is 4.90 Å². The van der Waals surface area contributed by atoms with Crippen molar-refractivity contribution in [3.63, 3.8) is 0 Å². The number of carboxylic acids is 1. The molecule has 1 N–H and O–H groups in total. The molecule has 2 heterocycles. The van der Waals surface area contributed by atoms with E-state index in [1.54, 1.807) is 0 Å². The van der Waals surface area contributed by atoms with E-state index in [4.69, 9.17) is 4.74 Å². The highest BCUT2D eigenvalue weighted by atomic mass is 16.5. The Morgan fingerprint density at radius 2 is 1.76 bits per heavy atom. The largest absolute Gasteiger partial charge is 0.493 e. The Bertz CT molecular complexity index is 832. The SMILES string of the molecule is O=C(O)C1Cc2ccccc2CN1C(=O)C1CCOc2ccccc21. The molecule has 2 aromatic carbocycles. The predicted octanol–water partition coefficient (Wildman–Crippen LogP) is 2.59. The molecule has 2 aromatic rings. The molecule has 2 aliphatic heterocycles. The molecule has 2 unspecified atom stereocenters. The number of carbonyl (C=O) groups is 2. The lowest BCUT2D eigenvalue weighted by molar-refractivity contribution is -0.152. The molecule has 1 amide bonds. The monoisotopic (exact) mass is 337 g/mol. The number of hydrogen-bond donors (Lipinski definition) is 1. The van der Waals surface area contributed by atoms with Gasteiger partial charge in [-0.05, 0) is 23.6 Å². The van der Waals surface area contributed by atoms with Crippen LogP contribution in [0.5, 0.6) is 5.75 Å². The highest BCUT2D eigenvalue weighted by molar-refractivity contribution is 5.89. The zero-order valence-corrected chi connectivity index (χ0v) is 13.7. The molecule has 128 valence electrons. The first-order valence-electron chi connectivity index (χ1n) is 8.47. The fourth-order valence-corrected chi connectivity index (χ4v) is 3.77. The smallest absolute Gasteiger partial charge is 0.326 e. The molecule has 0 bridgehead atoms. The summed E-state index contributed by atoms with van der Waals surface area (Å²) >= 11 is 0. The first kappa shape index (κ1) is 15.7. The van der Waals surface area contributed by atoms with Gasteiger partial charge in [-0.1, -0.05) is 42.5 Å². The molecule has 4 rings (SSSR count). The molecule has 0 spiro atoms. The van der Waals surface area contributed by atoms with Gasteiger partial charge in [-0.25, -0.2) is 4.79 Å². The minimum Gasteiger partial charge on any atom is -0.493 e. The predicted molar refractivity (Wildman–Crippen MR) is 91.4 cm³/mol. The van der Waals surface area contributed by atoms with E-state index in [0.717, 1.165) is 22.4 Å². The number of para-hydroxylation sites is 1. The molecular weight excluding hydrogens is 318 g/mol. The first-order chi connectivity index (χ1) is 12.1. The van der Waals surface area contributed by atoms with Gasteiger partial charge in [0.25, 0.3) is 0 Å². The fraction of sp³-hybridized carbons (Fsp3) is 0.300. The van der Waals surface area contributed by atoms with Gasteiger partial charge in [0.15, 0.2) is 0 Å². The molecule has 2 aliphatic rings. The summed E-state index contributed by atoms with van der Waals surface area (Å²) in [5, 5.41) is 9.66. The second-order valence-electron chi connectivity index (χ2n) is 6.52. The standard InChI is InChI=1S/C20H19NO4/c22-19(16-9-10-25-18-8-4-3-7-15(16)18)21-12-14-6-2-1-5-13(14)11-17(21)20(23)24/h1-8,16-17H,9-12H2,(H,23,24). The average molecular weight is 337 g/mol. The van der Waals surface area contributed by atoms with Crippen LogP contribution >= 0.6 is 0 Å². The maximum absolute atomic E-state index is 13.2. The molecule has 0 saturated carbocycles. The van der Waals surface area contributed by atoms with Crippen LogP contribution < -0.4 is 4.74 Å². The van der Waals surface area contributed by atoms with Crippen LogP contribution in [0.4, 0.5) is 0 Å². The third kappa shape index (κ3) is 2.76. The first-order valence-corrected chi connectivity index (χ1v) is 8.47. The van der Waals surface area contributed by atoms with Crippen LogP contribution in [-0.2, 0) is 22.6 Å². The summed E-state index contributed by atoms with van der Waals surface area (Å²) in [7, 11) is 0. The molecular formula is C20H19NO4. The van der Waals surface area contributed by atoms with Crippen LogP contribution in [0.3, 0.4) is 0 Å². The Labute approximate surface area is 145 Å². The highest BCUT2D eigenvalue weighted by Gasteiger charge is 2.39. The fourth-order valence-electron chi connectivity index (χ4n) is 3.77.